The molecule has 0 aliphatic heterocycles. The van der Waals surface area contributed by atoms with Gasteiger partial charge in [0.2, 0.25) is 11.8 Å². The summed E-state index contributed by atoms with van der Waals surface area (Å²) in [5.41, 5.74) is 1.51. The van der Waals surface area contributed by atoms with Crippen molar-refractivity contribution < 1.29 is 14.3 Å². The first-order valence-corrected chi connectivity index (χ1v) is 10.9. The van der Waals surface area contributed by atoms with Crippen LogP contribution in [0.5, 0.6) is 5.75 Å². The number of hydrogen-bond donors (Lipinski definition) is 1. The maximum atomic E-state index is 12.9. The van der Waals surface area contributed by atoms with Crippen LogP contribution in [0.3, 0.4) is 0 Å². The summed E-state index contributed by atoms with van der Waals surface area (Å²) < 4.78 is 6.97. The van der Waals surface area contributed by atoms with Crippen LogP contribution >= 0.6 is 0 Å². The van der Waals surface area contributed by atoms with Crippen LogP contribution in [0, 0.1) is 11.8 Å². The topological polar surface area (TPSA) is 76.5 Å². The minimum atomic E-state index is -0.218. The Labute approximate surface area is 184 Å². The highest BCUT2D eigenvalue weighted by atomic mass is 16.5. The summed E-state index contributed by atoms with van der Waals surface area (Å²) >= 11 is 0. The molecule has 0 unspecified atom stereocenters. The number of benzene rings is 1. The van der Waals surface area contributed by atoms with E-state index in [1.54, 1.807) is 16.7 Å². The van der Waals surface area contributed by atoms with Gasteiger partial charge in [-0.3, -0.25) is 9.59 Å². The molecule has 0 spiro atoms. The third kappa shape index (κ3) is 5.87. The smallest absolute Gasteiger partial charge is 0.245 e. The van der Waals surface area contributed by atoms with Crippen LogP contribution in [-0.4, -0.2) is 46.7 Å². The molecule has 1 fully saturated rings. The van der Waals surface area contributed by atoms with Gasteiger partial charge in [0.15, 0.2) is 0 Å². The van der Waals surface area contributed by atoms with Crippen molar-refractivity contribution in [2.75, 3.05) is 25.5 Å². The van der Waals surface area contributed by atoms with Gasteiger partial charge in [-0.25, -0.2) is 4.68 Å². The van der Waals surface area contributed by atoms with E-state index in [1.165, 1.54) is 0 Å². The Morgan fingerprint density at radius 2 is 1.87 bits per heavy atom. The zero-order chi connectivity index (χ0) is 22.8. The molecular formula is C24H34N4O3. The van der Waals surface area contributed by atoms with Crippen molar-refractivity contribution >= 4 is 17.6 Å². The molecule has 7 nitrogen and oxygen atoms in total. The van der Waals surface area contributed by atoms with Crippen molar-refractivity contribution in [1.29, 1.82) is 0 Å². The lowest BCUT2D eigenvalue weighted by Gasteiger charge is -2.24. The molecule has 0 atom stereocenters. The molecule has 31 heavy (non-hydrogen) atoms. The number of methoxy groups -OCH3 is 1. The summed E-state index contributed by atoms with van der Waals surface area (Å²) in [4.78, 5) is 27.2. The first-order valence-electron chi connectivity index (χ1n) is 10.9. The van der Waals surface area contributed by atoms with Crippen LogP contribution in [0.4, 0.5) is 5.82 Å². The summed E-state index contributed by atoms with van der Waals surface area (Å²) in [6.45, 7) is 11.0. The van der Waals surface area contributed by atoms with E-state index < -0.39 is 0 Å². The predicted octanol–water partition coefficient (Wildman–Crippen LogP) is 4.01. The number of amides is 2. The lowest BCUT2D eigenvalue weighted by atomic mass is 9.92. The highest BCUT2D eigenvalue weighted by Crippen LogP contribution is 2.31. The van der Waals surface area contributed by atoms with E-state index in [-0.39, 0.29) is 29.7 Å². The van der Waals surface area contributed by atoms with Crippen molar-refractivity contribution in [3.05, 3.63) is 36.0 Å². The van der Waals surface area contributed by atoms with E-state index in [9.17, 15) is 9.59 Å². The number of carbonyl (C=O) groups excluding carboxylic acids is 2. The second-order valence-electron chi connectivity index (χ2n) is 9.71. The molecule has 7 heteroatoms. The number of nitrogens with zero attached hydrogens (tertiary/aromatic N) is 3. The lowest BCUT2D eigenvalue weighted by Crippen LogP contribution is -2.41. The third-order valence-electron chi connectivity index (χ3n) is 5.22. The Balaban J connectivity index is 1.83. The highest BCUT2D eigenvalue weighted by molar-refractivity contribution is 5.94. The average Bonchev–Trinajstić information content (AvgIpc) is 3.46. The standard InChI is InChI=1S/C24H34N4O3/c1-16(2)14-27(23(30)17-7-8-17)15-22(29)25-21-13-20(24(3,4)5)26-28(21)18-9-11-19(31-6)12-10-18/h9-13,16-17H,7-8,14-15H2,1-6H3,(H,25,29). The van der Waals surface area contributed by atoms with E-state index in [2.05, 4.69) is 39.9 Å². The number of aromatic nitrogens is 2. The zero-order valence-electron chi connectivity index (χ0n) is 19.4. The molecule has 1 aromatic carbocycles. The van der Waals surface area contributed by atoms with Gasteiger partial charge in [-0.1, -0.05) is 34.6 Å². The van der Waals surface area contributed by atoms with E-state index >= 15 is 0 Å². The van der Waals surface area contributed by atoms with E-state index in [4.69, 9.17) is 9.84 Å². The zero-order valence-corrected chi connectivity index (χ0v) is 19.4. The second-order valence-corrected chi connectivity index (χ2v) is 9.71. The Morgan fingerprint density at radius 1 is 1.23 bits per heavy atom. The predicted molar refractivity (Wildman–Crippen MR) is 122 cm³/mol. The van der Waals surface area contributed by atoms with Crippen molar-refractivity contribution in [1.82, 2.24) is 14.7 Å². The largest absolute Gasteiger partial charge is 0.497 e. The minimum Gasteiger partial charge on any atom is -0.497 e. The number of carbonyl (C=O) groups is 2. The molecule has 0 saturated heterocycles. The van der Waals surface area contributed by atoms with Crippen molar-refractivity contribution in [2.24, 2.45) is 11.8 Å². The fourth-order valence-corrected chi connectivity index (χ4v) is 3.37. The molecule has 1 saturated carbocycles. The molecule has 1 heterocycles. The number of ether oxygens (including phenoxy) is 1. The summed E-state index contributed by atoms with van der Waals surface area (Å²) in [6.07, 6.45) is 1.85. The van der Waals surface area contributed by atoms with Crippen molar-refractivity contribution in [3.8, 4) is 11.4 Å². The average molecular weight is 427 g/mol. The van der Waals surface area contributed by atoms with Gasteiger partial charge in [-0.05, 0) is 43.0 Å². The summed E-state index contributed by atoms with van der Waals surface area (Å²) in [5, 5.41) is 7.73. The van der Waals surface area contributed by atoms with Gasteiger partial charge >= 0.3 is 0 Å². The molecule has 2 amide bonds. The molecule has 168 valence electrons. The molecule has 1 N–H and O–H groups in total. The Hall–Kier alpha value is -2.83. The molecule has 2 aromatic rings. The van der Waals surface area contributed by atoms with Crippen LogP contribution in [0.1, 0.15) is 53.2 Å². The number of anilines is 1. The number of hydrogen-bond acceptors (Lipinski definition) is 4. The maximum Gasteiger partial charge on any atom is 0.245 e. The summed E-state index contributed by atoms with van der Waals surface area (Å²) in [5.74, 6) is 1.59. The van der Waals surface area contributed by atoms with Gasteiger partial charge < -0.3 is 15.0 Å². The summed E-state index contributed by atoms with van der Waals surface area (Å²) in [6, 6.07) is 9.42. The molecule has 0 bridgehead atoms. The Morgan fingerprint density at radius 3 is 2.39 bits per heavy atom. The molecule has 1 aliphatic rings. The molecule has 0 radical (unpaired) electrons. The second kappa shape index (κ2) is 9.12. The van der Waals surface area contributed by atoms with Crippen LogP contribution < -0.4 is 10.1 Å². The normalized spacial score (nSPS) is 13.9. The first-order chi connectivity index (χ1) is 14.6. The van der Waals surface area contributed by atoms with Gasteiger partial charge in [0.1, 0.15) is 11.6 Å². The molecule has 3 rings (SSSR count). The van der Waals surface area contributed by atoms with Gasteiger partial charge in [0.05, 0.1) is 25.0 Å². The van der Waals surface area contributed by atoms with E-state index in [0.29, 0.717) is 18.3 Å². The monoisotopic (exact) mass is 426 g/mol. The van der Waals surface area contributed by atoms with Gasteiger partial charge in [-0.15, -0.1) is 0 Å². The lowest BCUT2D eigenvalue weighted by molar-refractivity contribution is -0.136. The van der Waals surface area contributed by atoms with Crippen LogP contribution in [0.15, 0.2) is 30.3 Å². The van der Waals surface area contributed by atoms with Crippen molar-refractivity contribution in [2.45, 2.75) is 52.9 Å². The third-order valence-corrected chi connectivity index (χ3v) is 5.22. The van der Waals surface area contributed by atoms with Crippen LogP contribution in [0.25, 0.3) is 5.69 Å². The molecular weight excluding hydrogens is 392 g/mol. The first kappa shape index (κ1) is 22.8. The van der Waals surface area contributed by atoms with E-state index in [1.807, 2.05) is 30.3 Å². The fraction of sp³-hybridized carbons (Fsp3) is 0.542. The van der Waals surface area contributed by atoms with Crippen LogP contribution in [0.2, 0.25) is 0 Å². The SMILES string of the molecule is COc1ccc(-n2nc(C(C)(C)C)cc2NC(=O)CN(CC(C)C)C(=O)C2CC2)cc1. The Kier molecular flexibility index (Phi) is 6.72. The fourth-order valence-electron chi connectivity index (χ4n) is 3.37. The van der Waals surface area contributed by atoms with Gasteiger partial charge in [0.25, 0.3) is 0 Å². The minimum absolute atomic E-state index is 0.0478. The van der Waals surface area contributed by atoms with Crippen molar-refractivity contribution in [3.63, 3.8) is 0 Å². The Bertz CT molecular complexity index is 921. The molecule has 1 aliphatic carbocycles. The summed E-state index contributed by atoms with van der Waals surface area (Å²) in [7, 11) is 1.62. The van der Waals surface area contributed by atoms with Gasteiger partial charge in [0, 0.05) is 23.9 Å². The number of nitrogens with one attached hydrogen (secondary N) is 1. The van der Waals surface area contributed by atoms with Gasteiger partial charge in [-0.2, -0.15) is 5.10 Å². The molecule has 1 aromatic heterocycles. The van der Waals surface area contributed by atoms with Crippen LogP contribution in [-0.2, 0) is 15.0 Å². The number of rotatable bonds is 8. The maximum absolute atomic E-state index is 12.9. The quantitative estimate of drug-likeness (QED) is 0.692. The van der Waals surface area contributed by atoms with E-state index in [0.717, 1.165) is 30.0 Å². The highest BCUT2D eigenvalue weighted by Gasteiger charge is 2.34.